The van der Waals surface area contributed by atoms with E-state index in [4.69, 9.17) is 0 Å². The molecule has 0 spiro atoms. The van der Waals surface area contributed by atoms with Crippen molar-refractivity contribution in [3.8, 4) is 0 Å². The van der Waals surface area contributed by atoms with Gasteiger partial charge in [0.05, 0.1) is 12.0 Å². The molecule has 0 saturated heterocycles. The van der Waals surface area contributed by atoms with Crippen molar-refractivity contribution in [3.63, 3.8) is 0 Å². The van der Waals surface area contributed by atoms with Gasteiger partial charge in [0.1, 0.15) is 0 Å². The summed E-state index contributed by atoms with van der Waals surface area (Å²) in [4.78, 5) is 29.7. The van der Waals surface area contributed by atoms with Crippen LogP contribution in [-0.4, -0.2) is 24.2 Å². The highest BCUT2D eigenvalue weighted by molar-refractivity contribution is 8.18. The van der Waals surface area contributed by atoms with Gasteiger partial charge in [-0.15, -0.1) is 0 Å². The summed E-state index contributed by atoms with van der Waals surface area (Å²) in [7, 11) is 1.27. The van der Waals surface area contributed by atoms with E-state index in [0.29, 0.717) is 5.17 Å². The van der Waals surface area contributed by atoms with Crippen molar-refractivity contribution in [1.82, 2.24) is 0 Å². The van der Waals surface area contributed by atoms with Crippen molar-refractivity contribution in [3.05, 3.63) is 71.6 Å². The molecule has 1 amide bonds. The van der Waals surface area contributed by atoms with Gasteiger partial charge < -0.3 is 4.74 Å². The molecule has 0 unspecified atom stereocenters. The molecule has 0 fully saturated rings. The van der Waals surface area contributed by atoms with Crippen molar-refractivity contribution >= 4 is 40.2 Å². The van der Waals surface area contributed by atoms with Crippen LogP contribution in [0.2, 0.25) is 0 Å². The number of esters is 1. The molecule has 0 bridgehead atoms. The Balaban J connectivity index is 1.99. The molecule has 1 heterocycles. The quantitative estimate of drug-likeness (QED) is 0.633. The molecule has 2 aromatic carbocycles. The maximum atomic E-state index is 12.1. The average Bonchev–Trinajstić information content (AvgIpc) is 2.97. The summed E-state index contributed by atoms with van der Waals surface area (Å²) in [6, 6.07) is 19.2. The molecule has 0 atom stereocenters. The fraction of sp³-hybridized carbons (Fsp3) is 0.0556. The van der Waals surface area contributed by atoms with E-state index in [-0.39, 0.29) is 4.91 Å². The smallest absolute Gasteiger partial charge is 0.331 e. The average molecular weight is 338 g/mol. The van der Waals surface area contributed by atoms with Crippen molar-refractivity contribution < 1.29 is 14.3 Å². The number of methoxy groups -OCH3 is 1. The monoisotopic (exact) mass is 338 g/mol. The number of hydrogen-bond donors (Lipinski definition) is 0. The van der Waals surface area contributed by atoms with Gasteiger partial charge in [-0.2, -0.15) is 4.99 Å². The van der Waals surface area contributed by atoms with Crippen LogP contribution in [0.25, 0.3) is 0 Å². The Labute approximate surface area is 143 Å². The second-order valence-corrected chi connectivity index (χ2v) is 5.85. The summed E-state index contributed by atoms with van der Waals surface area (Å²) in [5.74, 6) is -1.02. The number of thioether (sulfide) groups is 1. The van der Waals surface area contributed by atoms with Crippen LogP contribution in [0.4, 0.5) is 11.4 Å². The fourth-order valence-electron chi connectivity index (χ4n) is 2.18. The summed E-state index contributed by atoms with van der Waals surface area (Å²) in [5.41, 5.74) is 1.75. The molecule has 1 aliphatic heterocycles. The number of carbonyl (C=O) groups excluding carboxylic acids is 2. The van der Waals surface area contributed by atoms with Gasteiger partial charge in [0.25, 0.3) is 5.91 Å². The molecule has 2 aromatic rings. The first-order valence-corrected chi connectivity index (χ1v) is 8.01. The Kier molecular flexibility index (Phi) is 4.77. The maximum Gasteiger partial charge on any atom is 0.331 e. The highest BCUT2D eigenvalue weighted by Crippen LogP contribution is 2.35. The summed E-state index contributed by atoms with van der Waals surface area (Å²) in [6.45, 7) is 0. The van der Waals surface area contributed by atoms with Crippen LogP contribution in [-0.2, 0) is 14.3 Å². The third-order valence-electron chi connectivity index (χ3n) is 3.28. The highest BCUT2D eigenvalue weighted by Gasteiger charge is 2.28. The van der Waals surface area contributed by atoms with Gasteiger partial charge in [-0.25, -0.2) is 4.79 Å². The van der Waals surface area contributed by atoms with Gasteiger partial charge in [-0.1, -0.05) is 36.4 Å². The van der Waals surface area contributed by atoms with Crippen molar-refractivity contribution in [2.45, 2.75) is 0 Å². The zero-order chi connectivity index (χ0) is 16.9. The number of amidine groups is 1. The molecular formula is C18H14N2O3S. The number of aliphatic imine (C=N–C) groups is 1. The third kappa shape index (κ3) is 3.38. The summed E-state index contributed by atoms with van der Waals surface area (Å²) in [5, 5.41) is 0.493. The lowest BCUT2D eigenvalue weighted by atomic mass is 10.2. The van der Waals surface area contributed by atoms with E-state index in [1.165, 1.54) is 7.11 Å². The topological polar surface area (TPSA) is 59.0 Å². The van der Waals surface area contributed by atoms with E-state index in [1.54, 1.807) is 0 Å². The van der Waals surface area contributed by atoms with Crippen molar-refractivity contribution in [2.75, 3.05) is 12.0 Å². The third-order valence-corrected chi connectivity index (χ3v) is 4.25. The lowest BCUT2D eigenvalue weighted by Crippen LogP contribution is -2.21. The number of rotatable bonds is 3. The number of nitrogens with zero attached hydrogens (tertiary/aromatic N) is 2. The zero-order valence-electron chi connectivity index (χ0n) is 12.9. The van der Waals surface area contributed by atoms with Crippen LogP contribution in [0.3, 0.4) is 0 Å². The van der Waals surface area contributed by atoms with Crippen LogP contribution in [0, 0.1) is 0 Å². The van der Waals surface area contributed by atoms with Crippen LogP contribution in [0.5, 0.6) is 0 Å². The van der Waals surface area contributed by atoms with E-state index in [1.807, 2.05) is 65.6 Å². The second kappa shape index (κ2) is 7.14. The Morgan fingerprint density at radius 3 is 2.08 bits per heavy atom. The summed E-state index contributed by atoms with van der Waals surface area (Å²) in [6.07, 6.45) is 1.16. The van der Waals surface area contributed by atoms with Gasteiger partial charge in [-0.3, -0.25) is 9.69 Å². The molecular weight excluding hydrogens is 324 g/mol. The SMILES string of the molecule is COC(=O)/C=C1\SC(N(c2ccccc2)c2ccccc2)=NC1=O. The number of hydrogen-bond acceptors (Lipinski definition) is 5. The minimum atomic E-state index is -0.576. The normalized spacial score (nSPS) is 15.3. The minimum Gasteiger partial charge on any atom is -0.466 e. The zero-order valence-corrected chi connectivity index (χ0v) is 13.7. The van der Waals surface area contributed by atoms with Crippen molar-refractivity contribution in [1.29, 1.82) is 0 Å². The Morgan fingerprint density at radius 2 is 1.58 bits per heavy atom. The summed E-state index contributed by atoms with van der Waals surface area (Å²) >= 11 is 1.15. The number of anilines is 2. The van der Waals surface area contributed by atoms with Crippen LogP contribution in [0.15, 0.2) is 76.6 Å². The molecule has 3 rings (SSSR count). The summed E-state index contributed by atoms with van der Waals surface area (Å²) < 4.78 is 4.58. The van der Waals surface area contributed by atoms with Crippen LogP contribution in [0.1, 0.15) is 0 Å². The first-order chi connectivity index (χ1) is 11.7. The standard InChI is InChI=1S/C18H14N2O3S/c1-23-16(21)12-15-17(22)19-18(24-15)20(13-8-4-2-5-9-13)14-10-6-3-7-11-14/h2-12H,1H3/b15-12-. The molecule has 0 aliphatic carbocycles. The molecule has 5 nitrogen and oxygen atoms in total. The number of para-hydroxylation sites is 2. The molecule has 6 heteroatoms. The van der Waals surface area contributed by atoms with E-state index >= 15 is 0 Å². The molecule has 1 aliphatic rings. The van der Waals surface area contributed by atoms with E-state index in [9.17, 15) is 9.59 Å². The van der Waals surface area contributed by atoms with E-state index in [2.05, 4.69) is 9.73 Å². The maximum absolute atomic E-state index is 12.1. The number of carbonyl (C=O) groups is 2. The Hall–Kier alpha value is -2.86. The lowest BCUT2D eigenvalue weighted by Gasteiger charge is -2.23. The molecule has 0 N–H and O–H groups in total. The van der Waals surface area contributed by atoms with Gasteiger partial charge in [-0.05, 0) is 36.0 Å². The molecule has 24 heavy (non-hydrogen) atoms. The number of amides is 1. The predicted octanol–water partition coefficient (Wildman–Crippen LogP) is 3.51. The van der Waals surface area contributed by atoms with Crippen LogP contribution >= 0.6 is 11.8 Å². The first-order valence-electron chi connectivity index (χ1n) is 7.20. The van der Waals surface area contributed by atoms with E-state index in [0.717, 1.165) is 29.2 Å². The molecule has 120 valence electrons. The van der Waals surface area contributed by atoms with Crippen molar-refractivity contribution in [2.24, 2.45) is 4.99 Å². The minimum absolute atomic E-state index is 0.244. The largest absolute Gasteiger partial charge is 0.466 e. The Morgan fingerprint density at radius 1 is 1.04 bits per heavy atom. The number of ether oxygens (including phenoxy) is 1. The number of benzene rings is 2. The van der Waals surface area contributed by atoms with Crippen LogP contribution < -0.4 is 4.90 Å². The highest BCUT2D eigenvalue weighted by atomic mass is 32.2. The van der Waals surface area contributed by atoms with Gasteiger partial charge in [0.15, 0.2) is 5.17 Å². The van der Waals surface area contributed by atoms with Gasteiger partial charge in [0.2, 0.25) is 0 Å². The van der Waals surface area contributed by atoms with E-state index < -0.39 is 11.9 Å². The first kappa shape index (κ1) is 16.0. The molecule has 0 radical (unpaired) electrons. The lowest BCUT2D eigenvalue weighted by molar-refractivity contribution is -0.135. The predicted molar refractivity (Wildman–Crippen MR) is 95.2 cm³/mol. The van der Waals surface area contributed by atoms with Gasteiger partial charge >= 0.3 is 5.97 Å². The molecule has 0 aromatic heterocycles. The second-order valence-electron chi connectivity index (χ2n) is 4.84. The molecule has 0 saturated carbocycles. The fourth-order valence-corrected chi connectivity index (χ4v) is 3.10. The Bertz CT molecular complexity index is 777. The van der Waals surface area contributed by atoms with Gasteiger partial charge in [0, 0.05) is 17.5 Å².